The molecule has 17 heavy (non-hydrogen) atoms. The van der Waals surface area contributed by atoms with E-state index in [-0.39, 0.29) is 18.5 Å². The van der Waals surface area contributed by atoms with Gasteiger partial charge in [0.2, 0.25) is 5.91 Å². The molecule has 8 nitrogen and oxygen atoms in total. The van der Waals surface area contributed by atoms with E-state index in [2.05, 4.69) is 9.74 Å². The molecule has 0 aromatic carbocycles. The number of amides is 1. The fourth-order valence-corrected chi connectivity index (χ4v) is 2.99. The van der Waals surface area contributed by atoms with Crippen molar-refractivity contribution < 1.29 is 29.3 Å². The van der Waals surface area contributed by atoms with Gasteiger partial charge in [0.1, 0.15) is 0 Å². The predicted octanol–water partition coefficient (Wildman–Crippen LogP) is -3.09. The molecule has 0 bridgehead atoms. The van der Waals surface area contributed by atoms with Crippen LogP contribution in [-0.2, 0) is 14.0 Å². The first-order valence-electron chi connectivity index (χ1n) is 5.08. The molecule has 6 N–H and O–H groups in total. The molecule has 0 rings (SSSR count). The van der Waals surface area contributed by atoms with E-state index >= 15 is 0 Å². The van der Waals surface area contributed by atoms with Crippen LogP contribution in [0.4, 0.5) is 0 Å². The van der Waals surface area contributed by atoms with Crippen molar-refractivity contribution in [1.29, 1.82) is 0 Å². The summed E-state index contributed by atoms with van der Waals surface area (Å²) in [7, 11) is -2.71. The summed E-state index contributed by atoms with van der Waals surface area (Å²) in [6.07, 6.45) is -2.86. The molecule has 0 aromatic heterocycles. The van der Waals surface area contributed by atoms with Gasteiger partial charge in [0.25, 0.3) is 9.04 Å². The van der Waals surface area contributed by atoms with Crippen LogP contribution in [0.3, 0.4) is 0 Å². The summed E-state index contributed by atoms with van der Waals surface area (Å²) in [5.74, 6) is -0.381. The molecule has 0 spiro atoms. The molecule has 1 atom stereocenters. The smallest absolute Gasteiger partial charge is 0.350 e. The summed E-state index contributed by atoms with van der Waals surface area (Å²) in [6, 6.07) is 0.248. The lowest BCUT2D eigenvalue weighted by atomic mass is 10.5. The van der Waals surface area contributed by atoms with Crippen molar-refractivity contribution in [2.45, 2.75) is 25.5 Å². The van der Waals surface area contributed by atoms with E-state index in [0.29, 0.717) is 13.0 Å². The monoisotopic (exact) mass is 266 g/mol. The molecule has 0 fully saturated rings. The lowest BCUT2D eigenvalue weighted by Crippen LogP contribution is -2.46. The summed E-state index contributed by atoms with van der Waals surface area (Å²) in [5, 5.41) is 27.8. The highest BCUT2D eigenvalue weighted by molar-refractivity contribution is 6.85. The quantitative estimate of drug-likeness (QED) is 0.231. The van der Waals surface area contributed by atoms with Gasteiger partial charge in [-0.15, -0.1) is 0 Å². The van der Waals surface area contributed by atoms with Crippen molar-refractivity contribution in [2.75, 3.05) is 13.1 Å². The van der Waals surface area contributed by atoms with E-state index < -0.39 is 20.6 Å². The van der Waals surface area contributed by atoms with Gasteiger partial charge in [-0.1, -0.05) is 0 Å². The molecular weight excluding hydrogens is 248 g/mol. The largest absolute Gasteiger partial charge is 0.395 e. The lowest BCUT2D eigenvalue weighted by Gasteiger charge is -2.21. The van der Waals surface area contributed by atoms with Gasteiger partial charge >= 0.3 is 6.16 Å². The van der Waals surface area contributed by atoms with E-state index in [1.807, 2.05) is 0 Å². The first kappa shape index (κ1) is 16.2. The van der Waals surface area contributed by atoms with Crippen LogP contribution in [0.15, 0.2) is 0 Å². The first-order chi connectivity index (χ1) is 7.76. The number of aliphatic hydroxyl groups is 3. The van der Waals surface area contributed by atoms with Crippen LogP contribution >= 0.6 is 0 Å². The minimum absolute atomic E-state index is 0.248. The molecule has 1 amide bonds. The topological polar surface area (TPSA) is 142 Å². The van der Waals surface area contributed by atoms with Crippen LogP contribution in [0.5, 0.6) is 0 Å². The van der Waals surface area contributed by atoms with Crippen LogP contribution in [0.25, 0.3) is 0 Å². The molecule has 9 heteroatoms. The maximum atomic E-state index is 11.6. The Morgan fingerprint density at radius 2 is 2.00 bits per heavy atom. The van der Waals surface area contributed by atoms with Gasteiger partial charge in [0, 0.05) is 6.92 Å². The van der Waals surface area contributed by atoms with Crippen molar-refractivity contribution >= 4 is 20.4 Å². The Labute approximate surface area is 100 Å². The molecule has 0 aliphatic carbocycles. The summed E-state index contributed by atoms with van der Waals surface area (Å²) in [4.78, 5) is 22.2. The molecular formula is C8H18N2O6Si. The third kappa shape index (κ3) is 8.91. The van der Waals surface area contributed by atoms with E-state index in [9.17, 15) is 9.59 Å². The highest BCUT2D eigenvalue weighted by atomic mass is 28.3. The van der Waals surface area contributed by atoms with E-state index in [1.54, 1.807) is 0 Å². The van der Waals surface area contributed by atoms with E-state index in [1.165, 1.54) is 6.92 Å². The van der Waals surface area contributed by atoms with E-state index in [0.717, 1.165) is 0 Å². The van der Waals surface area contributed by atoms with Crippen LogP contribution in [0, 0.1) is 0 Å². The van der Waals surface area contributed by atoms with Crippen LogP contribution < -0.4 is 11.1 Å². The summed E-state index contributed by atoms with van der Waals surface area (Å²) in [5.41, 5.74) is 5.26. The highest BCUT2D eigenvalue weighted by Crippen LogP contribution is 2.06. The Balaban J connectivity index is 4.34. The maximum absolute atomic E-state index is 11.6. The molecule has 0 saturated carbocycles. The maximum Gasteiger partial charge on any atom is 0.395 e. The highest BCUT2D eigenvalue weighted by Gasteiger charge is 2.31. The number of carbonyl (C=O) groups excluding carboxylic acids is 2. The van der Waals surface area contributed by atoms with Gasteiger partial charge < -0.3 is 35.6 Å². The fraction of sp³-hybridized carbons (Fsp3) is 0.750. The zero-order valence-electron chi connectivity index (χ0n) is 9.55. The Hall–Kier alpha value is -0.843. The first-order valence-corrected chi connectivity index (χ1v) is 6.95. The number of nitrogens with two attached hydrogens (primary N) is 1. The average Bonchev–Trinajstić information content (AvgIpc) is 2.19. The van der Waals surface area contributed by atoms with Crippen molar-refractivity contribution in [3.8, 4) is 0 Å². The third-order valence-corrected chi connectivity index (χ3v) is 4.30. The summed E-state index contributed by atoms with van der Waals surface area (Å²) in [6.45, 7) is 1.31. The van der Waals surface area contributed by atoms with Crippen molar-refractivity contribution in [1.82, 2.24) is 5.32 Å². The Morgan fingerprint density at radius 1 is 1.41 bits per heavy atom. The second kappa shape index (κ2) is 7.48. The van der Waals surface area contributed by atoms with Gasteiger partial charge in [0.15, 0.2) is 5.41 Å². The van der Waals surface area contributed by atoms with Crippen molar-refractivity contribution in [2.24, 2.45) is 5.73 Å². The molecule has 0 saturated heterocycles. The standard InChI is InChI=1S/C8H18N2O6Si/c1-6(11)10-5-7(12)17(4-2-3-9)16-8(13,14)15/h13-15,17H,2-5,9H2,1H3,(H,10,11). The second-order valence-corrected chi connectivity index (χ2v) is 5.92. The normalized spacial score (nSPS) is 13.2. The average molecular weight is 266 g/mol. The van der Waals surface area contributed by atoms with Crippen LogP contribution in [-0.4, -0.2) is 54.9 Å². The Bertz CT molecular complexity index is 267. The lowest BCUT2D eigenvalue weighted by molar-refractivity contribution is -0.422. The van der Waals surface area contributed by atoms with E-state index in [4.69, 9.17) is 21.1 Å². The fourth-order valence-electron chi connectivity index (χ4n) is 1.11. The van der Waals surface area contributed by atoms with Gasteiger partial charge in [0.05, 0.1) is 6.54 Å². The Kier molecular flexibility index (Phi) is 7.11. The summed E-state index contributed by atoms with van der Waals surface area (Å²) >= 11 is 0. The minimum Gasteiger partial charge on any atom is -0.350 e. The number of rotatable bonds is 8. The zero-order chi connectivity index (χ0) is 13.5. The number of hydrogen-bond acceptors (Lipinski definition) is 7. The molecule has 0 heterocycles. The predicted molar refractivity (Wildman–Crippen MR) is 59.8 cm³/mol. The molecule has 0 radical (unpaired) electrons. The molecule has 100 valence electrons. The molecule has 0 aromatic rings. The van der Waals surface area contributed by atoms with Crippen molar-refractivity contribution in [3.63, 3.8) is 0 Å². The van der Waals surface area contributed by atoms with Crippen molar-refractivity contribution in [3.05, 3.63) is 0 Å². The van der Waals surface area contributed by atoms with Gasteiger partial charge in [-0.05, 0) is 19.0 Å². The van der Waals surface area contributed by atoms with Crippen LogP contribution in [0.1, 0.15) is 13.3 Å². The number of nitrogens with one attached hydrogen (secondary N) is 1. The molecule has 0 aliphatic heterocycles. The van der Waals surface area contributed by atoms with Gasteiger partial charge in [-0.3, -0.25) is 4.79 Å². The Morgan fingerprint density at radius 3 is 2.41 bits per heavy atom. The van der Waals surface area contributed by atoms with Gasteiger partial charge in [-0.2, -0.15) is 0 Å². The zero-order valence-corrected chi connectivity index (χ0v) is 10.7. The molecule has 1 unspecified atom stereocenters. The third-order valence-electron chi connectivity index (χ3n) is 1.84. The molecule has 0 aliphatic rings. The SMILES string of the molecule is CC(=O)NCC(=O)[SiH](CCCN)OC(O)(O)O. The van der Waals surface area contributed by atoms with Gasteiger partial charge in [-0.25, -0.2) is 0 Å². The number of carbonyl (C=O) groups is 2. The minimum atomic E-state index is -3.32. The van der Waals surface area contributed by atoms with Crippen LogP contribution in [0.2, 0.25) is 6.04 Å². The second-order valence-electron chi connectivity index (χ2n) is 3.49. The number of hydrogen-bond donors (Lipinski definition) is 5. The summed E-state index contributed by atoms with van der Waals surface area (Å²) < 4.78 is 4.48.